The number of nitrogens with zero attached hydrogens (tertiary/aromatic N) is 2. The molecule has 0 aromatic carbocycles. The van der Waals surface area contributed by atoms with Crippen molar-refractivity contribution in [2.75, 3.05) is 26.2 Å². The Balaban J connectivity index is 2.23. The third kappa shape index (κ3) is 4.36. The molecule has 0 saturated carbocycles. The molecule has 17 heavy (non-hydrogen) atoms. The molecular formula is C11H19ClN4O. The predicted octanol–water partition coefficient (Wildman–Crippen LogP) is 1.52. The van der Waals surface area contributed by atoms with Gasteiger partial charge in [0, 0.05) is 6.54 Å². The Hall–Kier alpha value is -1.07. The molecule has 5 nitrogen and oxygen atoms in total. The van der Waals surface area contributed by atoms with Crippen molar-refractivity contribution in [3.8, 4) is 0 Å². The van der Waals surface area contributed by atoms with E-state index in [1.54, 1.807) is 0 Å². The molecular weight excluding hydrogens is 240 g/mol. The normalized spacial score (nSPS) is 10.8. The minimum absolute atomic E-state index is 0.202. The molecule has 1 amide bonds. The maximum absolute atomic E-state index is 11.6. The molecule has 0 aliphatic rings. The zero-order valence-electron chi connectivity index (χ0n) is 10.3. The molecule has 0 saturated heterocycles. The van der Waals surface area contributed by atoms with Crippen LogP contribution in [0.25, 0.3) is 0 Å². The number of rotatable bonds is 7. The highest BCUT2D eigenvalue weighted by Crippen LogP contribution is 2.10. The molecule has 0 unspecified atom stereocenters. The van der Waals surface area contributed by atoms with Crippen LogP contribution in [0.3, 0.4) is 0 Å². The first-order valence-electron chi connectivity index (χ1n) is 5.88. The van der Waals surface area contributed by atoms with Gasteiger partial charge >= 0.3 is 0 Å². The molecule has 96 valence electrons. The quantitative estimate of drug-likeness (QED) is 0.729. The van der Waals surface area contributed by atoms with E-state index in [9.17, 15) is 4.79 Å². The molecule has 0 aliphatic heterocycles. The zero-order valence-corrected chi connectivity index (χ0v) is 11.0. The fraction of sp³-hybridized carbons (Fsp3) is 0.636. The summed E-state index contributed by atoms with van der Waals surface area (Å²) in [6.07, 6.45) is 2.35. The van der Waals surface area contributed by atoms with Gasteiger partial charge in [0.05, 0.1) is 11.2 Å². The Kier molecular flexibility index (Phi) is 6.00. The van der Waals surface area contributed by atoms with E-state index in [2.05, 4.69) is 34.3 Å². The van der Waals surface area contributed by atoms with Gasteiger partial charge in [-0.15, -0.1) is 0 Å². The Morgan fingerprint density at radius 2 is 2.24 bits per heavy atom. The first-order chi connectivity index (χ1) is 8.19. The average Bonchev–Trinajstić information content (AvgIpc) is 2.75. The van der Waals surface area contributed by atoms with E-state index >= 15 is 0 Å². The van der Waals surface area contributed by atoms with Crippen molar-refractivity contribution in [2.24, 2.45) is 0 Å². The number of halogens is 1. The van der Waals surface area contributed by atoms with E-state index < -0.39 is 0 Å². The van der Waals surface area contributed by atoms with Crippen LogP contribution in [0, 0.1) is 0 Å². The number of aromatic nitrogens is 2. The molecule has 0 radical (unpaired) electrons. The summed E-state index contributed by atoms with van der Waals surface area (Å²) in [7, 11) is 0. The Morgan fingerprint density at radius 3 is 2.76 bits per heavy atom. The predicted molar refractivity (Wildman–Crippen MR) is 68.3 cm³/mol. The Labute approximate surface area is 107 Å². The monoisotopic (exact) mass is 258 g/mol. The second kappa shape index (κ2) is 7.29. The van der Waals surface area contributed by atoms with Gasteiger partial charge in [-0.2, -0.15) is 5.10 Å². The fourth-order valence-electron chi connectivity index (χ4n) is 1.56. The maximum Gasteiger partial charge on any atom is 0.270 e. The van der Waals surface area contributed by atoms with Gasteiger partial charge in [-0.1, -0.05) is 25.4 Å². The summed E-state index contributed by atoms with van der Waals surface area (Å²) in [4.78, 5) is 13.9. The van der Waals surface area contributed by atoms with Crippen LogP contribution >= 0.6 is 11.6 Å². The van der Waals surface area contributed by atoms with Gasteiger partial charge in [0.15, 0.2) is 0 Å². The van der Waals surface area contributed by atoms with E-state index in [0.29, 0.717) is 17.3 Å². The molecule has 2 N–H and O–H groups in total. The SMILES string of the molecule is CCN(CC)CCCNC(=O)c1[nH]ncc1Cl. The smallest absolute Gasteiger partial charge is 0.270 e. The fourth-order valence-corrected chi connectivity index (χ4v) is 1.74. The van der Waals surface area contributed by atoms with Crippen LogP contribution < -0.4 is 5.32 Å². The van der Waals surface area contributed by atoms with Crippen LogP contribution in [0.5, 0.6) is 0 Å². The van der Waals surface area contributed by atoms with Crippen molar-refractivity contribution in [3.63, 3.8) is 0 Å². The molecule has 0 fully saturated rings. The highest BCUT2D eigenvalue weighted by Gasteiger charge is 2.11. The van der Waals surface area contributed by atoms with Crippen molar-refractivity contribution < 1.29 is 4.79 Å². The van der Waals surface area contributed by atoms with Gasteiger partial charge in [-0.25, -0.2) is 0 Å². The number of carbonyl (C=O) groups excluding carboxylic acids is 1. The van der Waals surface area contributed by atoms with Crippen LogP contribution in [-0.2, 0) is 0 Å². The molecule has 6 heteroatoms. The minimum atomic E-state index is -0.202. The average molecular weight is 259 g/mol. The standard InChI is InChI=1S/C11H19ClN4O/c1-3-16(4-2)7-5-6-13-11(17)10-9(12)8-14-15-10/h8H,3-7H2,1-2H3,(H,13,17)(H,14,15). The van der Waals surface area contributed by atoms with E-state index in [1.165, 1.54) is 6.20 Å². The second-order valence-electron chi connectivity index (χ2n) is 3.73. The topological polar surface area (TPSA) is 61.0 Å². The first kappa shape index (κ1) is 14.0. The molecule has 0 aliphatic carbocycles. The lowest BCUT2D eigenvalue weighted by molar-refractivity contribution is 0.0947. The van der Waals surface area contributed by atoms with Crippen LogP contribution in [0.15, 0.2) is 6.20 Å². The van der Waals surface area contributed by atoms with Crippen LogP contribution in [0.1, 0.15) is 30.8 Å². The van der Waals surface area contributed by atoms with Crippen LogP contribution in [0.2, 0.25) is 5.02 Å². The summed E-state index contributed by atoms with van der Waals surface area (Å²) >= 11 is 5.78. The number of amides is 1. The summed E-state index contributed by atoms with van der Waals surface area (Å²) in [6.45, 7) is 7.97. The second-order valence-corrected chi connectivity index (χ2v) is 4.14. The van der Waals surface area contributed by atoms with Crippen LogP contribution in [0.4, 0.5) is 0 Å². The van der Waals surface area contributed by atoms with Crippen molar-refractivity contribution >= 4 is 17.5 Å². The Morgan fingerprint density at radius 1 is 1.53 bits per heavy atom. The molecule has 1 rings (SSSR count). The summed E-state index contributed by atoms with van der Waals surface area (Å²) in [5, 5.41) is 9.43. The number of aromatic amines is 1. The van der Waals surface area contributed by atoms with Crippen molar-refractivity contribution in [2.45, 2.75) is 20.3 Å². The highest BCUT2D eigenvalue weighted by molar-refractivity contribution is 6.33. The number of nitrogens with one attached hydrogen (secondary N) is 2. The van der Waals surface area contributed by atoms with E-state index in [0.717, 1.165) is 26.1 Å². The molecule has 1 heterocycles. The lowest BCUT2D eigenvalue weighted by Gasteiger charge is -2.17. The molecule has 0 bridgehead atoms. The molecule has 1 aromatic rings. The largest absolute Gasteiger partial charge is 0.351 e. The third-order valence-corrected chi connectivity index (χ3v) is 2.94. The summed E-state index contributed by atoms with van der Waals surface area (Å²) in [5.41, 5.74) is 0.328. The number of hydrogen-bond acceptors (Lipinski definition) is 3. The van der Waals surface area contributed by atoms with Gasteiger partial charge in [-0.05, 0) is 26.1 Å². The van der Waals surface area contributed by atoms with Gasteiger partial charge in [0.1, 0.15) is 5.69 Å². The summed E-state index contributed by atoms with van der Waals surface area (Å²) in [6, 6.07) is 0. The Bertz CT molecular complexity index is 349. The molecule has 0 spiro atoms. The first-order valence-corrected chi connectivity index (χ1v) is 6.26. The maximum atomic E-state index is 11.6. The van der Waals surface area contributed by atoms with Gasteiger partial charge < -0.3 is 10.2 Å². The number of hydrogen-bond donors (Lipinski definition) is 2. The third-order valence-electron chi connectivity index (χ3n) is 2.65. The van der Waals surface area contributed by atoms with Gasteiger partial charge in [0.2, 0.25) is 0 Å². The van der Waals surface area contributed by atoms with E-state index in [-0.39, 0.29) is 5.91 Å². The summed E-state index contributed by atoms with van der Waals surface area (Å²) < 4.78 is 0. The van der Waals surface area contributed by atoms with Crippen LogP contribution in [-0.4, -0.2) is 47.2 Å². The lowest BCUT2D eigenvalue weighted by atomic mass is 10.3. The van der Waals surface area contributed by atoms with E-state index in [1.807, 2.05) is 0 Å². The van der Waals surface area contributed by atoms with Gasteiger partial charge in [0.25, 0.3) is 5.91 Å². The van der Waals surface area contributed by atoms with Crippen molar-refractivity contribution in [1.82, 2.24) is 20.4 Å². The molecule has 1 aromatic heterocycles. The number of H-pyrrole nitrogens is 1. The van der Waals surface area contributed by atoms with E-state index in [4.69, 9.17) is 11.6 Å². The number of carbonyl (C=O) groups is 1. The van der Waals surface area contributed by atoms with Crippen molar-refractivity contribution in [3.05, 3.63) is 16.9 Å². The minimum Gasteiger partial charge on any atom is -0.351 e. The highest BCUT2D eigenvalue weighted by atomic mass is 35.5. The zero-order chi connectivity index (χ0) is 12.7. The van der Waals surface area contributed by atoms with Gasteiger partial charge in [-0.3, -0.25) is 9.89 Å². The summed E-state index contributed by atoms with van der Waals surface area (Å²) in [5.74, 6) is -0.202. The molecule has 0 atom stereocenters. The van der Waals surface area contributed by atoms with Crippen molar-refractivity contribution in [1.29, 1.82) is 0 Å². The lowest BCUT2D eigenvalue weighted by Crippen LogP contribution is -2.30.